The Morgan fingerprint density at radius 1 is 1.35 bits per heavy atom. The van der Waals surface area contributed by atoms with E-state index >= 15 is 0 Å². The number of likely N-dealkylation sites (N-methyl/N-ethyl adjacent to an activating group) is 1. The van der Waals surface area contributed by atoms with Crippen molar-refractivity contribution in [3.8, 4) is 0 Å². The molecular formula is C14H21N5O3S. The van der Waals surface area contributed by atoms with Gasteiger partial charge in [-0.2, -0.15) is 5.10 Å². The molecular weight excluding hydrogens is 318 g/mol. The molecule has 8 nitrogen and oxygen atoms in total. The lowest BCUT2D eigenvalue weighted by molar-refractivity contribution is 0.0953. The van der Waals surface area contributed by atoms with Crippen molar-refractivity contribution < 1.29 is 13.2 Å². The van der Waals surface area contributed by atoms with Crippen LogP contribution < -0.4 is 5.32 Å². The fraction of sp³-hybridized carbons (Fsp3) is 0.500. The Bertz CT molecular complexity index is 857. The molecule has 2 aromatic heterocycles. The Kier molecular flexibility index (Phi) is 4.71. The Balaban J connectivity index is 2.20. The second-order valence-electron chi connectivity index (χ2n) is 5.58. The lowest BCUT2D eigenvalue weighted by atomic mass is 10.2. The number of aromatic nitrogens is 3. The molecule has 0 atom stereocenters. The number of rotatable bonds is 5. The third kappa shape index (κ3) is 3.67. The Hall–Kier alpha value is -2.00. The zero-order valence-corrected chi connectivity index (χ0v) is 14.7. The smallest absolute Gasteiger partial charge is 0.257 e. The van der Waals surface area contributed by atoms with E-state index in [-0.39, 0.29) is 19.0 Å². The molecule has 1 amide bonds. The Morgan fingerprint density at radius 3 is 2.61 bits per heavy atom. The molecule has 0 bridgehead atoms. The number of aryl methyl sites for hydroxylation is 3. The number of nitrogens with zero attached hydrogens (tertiary/aromatic N) is 4. The molecule has 0 fully saturated rings. The first-order valence-corrected chi connectivity index (χ1v) is 8.99. The second-order valence-corrected chi connectivity index (χ2v) is 7.66. The van der Waals surface area contributed by atoms with Crippen molar-refractivity contribution in [2.24, 2.45) is 0 Å². The predicted octanol–water partition coefficient (Wildman–Crippen LogP) is 0.276. The third-order valence-electron chi connectivity index (χ3n) is 3.58. The van der Waals surface area contributed by atoms with Gasteiger partial charge >= 0.3 is 0 Å². The fourth-order valence-corrected chi connectivity index (χ4v) is 2.70. The standard InChI is InChI=1S/C14H21N5O3S/c1-9-8-10(2)19-13(16-9)12(11(3)17-19)14(20)15-6-7-18(4)23(5,21)22/h8H,6-7H2,1-5H3,(H,15,20). The van der Waals surface area contributed by atoms with Crippen LogP contribution in [0.4, 0.5) is 0 Å². The van der Waals surface area contributed by atoms with Crippen molar-refractivity contribution in [2.45, 2.75) is 20.8 Å². The van der Waals surface area contributed by atoms with Gasteiger partial charge < -0.3 is 5.32 Å². The van der Waals surface area contributed by atoms with Crippen LogP contribution in [0.25, 0.3) is 5.65 Å². The van der Waals surface area contributed by atoms with Crippen LogP contribution in [-0.4, -0.2) is 59.6 Å². The molecule has 0 aliphatic carbocycles. The van der Waals surface area contributed by atoms with Crippen LogP contribution in [0.2, 0.25) is 0 Å². The minimum Gasteiger partial charge on any atom is -0.351 e. The molecule has 0 radical (unpaired) electrons. The second kappa shape index (κ2) is 6.25. The molecule has 0 aliphatic rings. The van der Waals surface area contributed by atoms with Gasteiger partial charge in [0.1, 0.15) is 5.56 Å². The van der Waals surface area contributed by atoms with E-state index in [1.54, 1.807) is 11.4 Å². The van der Waals surface area contributed by atoms with Gasteiger partial charge in [-0.15, -0.1) is 0 Å². The zero-order chi connectivity index (χ0) is 17.4. The maximum absolute atomic E-state index is 12.4. The molecule has 0 aromatic carbocycles. The lowest BCUT2D eigenvalue weighted by Crippen LogP contribution is -2.35. The highest BCUT2D eigenvalue weighted by atomic mass is 32.2. The normalized spacial score (nSPS) is 12.1. The first-order chi connectivity index (χ1) is 10.6. The van der Waals surface area contributed by atoms with E-state index in [2.05, 4.69) is 15.4 Å². The summed E-state index contributed by atoms with van der Waals surface area (Å²) in [6.45, 7) is 5.92. The lowest BCUT2D eigenvalue weighted by Gasteiger charge is -2.14. The molecule has 23 heavy (non-hydrogen) atoms. The molecule has 1 N–H and O–H groups in total. The van der Waals surface area contributed by atoms with Crippen LogP contribution in [0.15, 0.2) is 6.07 Å². The highest BCUT2D eigenvalue weighted by Crippen LogP contribution is 2.15. The van der Waals surface area contributed by atoms with Crippen molar-refractivity contribution in [1.82, 2.24) is 24.2 Å². The van der Waals surface area contributed by atoms with Gasteiger partial charge in [-0.3, -0.25) is 4.79 Å². The van der Waals surface area contributed by atoms with E-state index in [4.69, 9.17) is 0 Å². The molecule has 9 heteroatoms. The van der Waals surface area contributed by atoms with Crippen LogP contribution in [-0.2, 0) is 10.0 Å². The summed E-state index contributed by atoms with van der Waals surface area (Å²) in [5.74, 6) is -0.308. The molecule has 2 rings (SSSR count). The van der Waals surface area contributed by atoms with Gasteiger partial charge in [-0.25, -0.2) is 22.2 Å². The number of fused-ring (bicyclic) bond motifs is 1. The first kappa shape index (κ1) is 17.4. The predicted molar refractivity (Wildman–Crippen MR) is 87.0 cm³/mol. The quantitative estimate of drug-likeness (QED) is 0.844. The molecule has 0 spiro atoms. The van der Waals surface area contributed by atoms with Crippen molar-refractivity contribution in [3.05, 3.63) is 28.7 Å². The molecule has 0 aliphatic heterocycles. The van der Waals surface area contributed by atoms with Gasteiger partial charge in [0.05, 0.1) is 11.9 Å². The number of sulfonamides is 1. The molecule has 0 saturated carbocycles. The summed E-state index contributed by atoms with van der Waals surface area (Å²) in [5.41, 5.74) is 3.21. The summed E-state index contributed by atoms with van der Waals surface area (Å²) in [6, 6.07) is 1.89. The number of hydrogen-bond acceptors (Lipinski definition) is 5. The van der Waals surface area contributed by atoms with E-state index in [1.165, 1.54) is 11.4 Å². The van der Waals surface area contributed by atoms with Gasteiger partial charge in [-0.1, -0.05) is 0 Å². The van der Waals surface area contributed by atoms with E-state index in [9.17, 15) is 13.2 Å². The summed E-state index contributed by atoms with van der Waals surface area (Å²) < 4.78 is 25.5. The largest absolute Gasteiger partial charge is 0.351 e. The number of hydrogen-bond donors (Lipinski definition) is 1. The van der Waals surface area contributed by atoms with Gasteiger partial charge in [0.25, 0.3) is 5.91 Å². The average Bonchev–Trinajstić information content (AvgIpc) is 2.74. The summed E-state index contributed by atoms with van der Waals surface area (Å²) in [5, 5.41) is 7.07. The monoisotopic (exact) mass is 339 g/mol. The molecule has 2 heterocycles. The Labute approximate surface area is 135 Å². The van der Waals surface area contributed by atoms with Crippen molar-refractivity contribution in [2.75, 3.05) is 26.4 Å². The Morgan fingerprint density at radius 2 is 2.00 bits per heavy atom. The molecule has 2 aromatic rings. The fourth-order valence-electron chi connectivity index (χ4n) is 2.27. The van der Waals surface area contributed by atoms with Crippen molar-refractivity contribution in [1.29, 1.82) is 0 Å². The van der Waals surface area contributed by atoms with E-state index in [0.717, 1.165) is 17.6 Å². The summed E-state index contributed by atoms with van der Waals surface area (Å²) in [4.78, 5) is 16.8. The summed E-state index contributed by atoms with van der Waals surface area (Å²) in [7, 11) is -1.79. The number of nitrogens with one attached hydrogen (secondary N) is 1. The molecule has 0 unspecified atom stereocenters. The molecule has 0 saturated heterocycles. The van der Waals surface area contributed by atoms with E-state index < -0.39 is 10.0 Å². The highest BCUT2D eigenvalue weighted by molar-refractivity contribution is 7.88. The van der Waals surface area contributed by atoms with Gasteiger partial charge in [0.2, 0.25) is 10.0 Å². The van der Waals surface area contributed by atoms with Gasteiger partial charge in [0, 0.05) is 31.5 Å². The SMILES string of the molecule is Cc1cc(C)n2nc(C)c(C(=O)NCCN(C)S(C)(=O)=O)c2n1. The minimum atomic E-state index is -3.26. The maximum Gasteiger partial charge on any atom is 0.257 e. The van der Waals surface area contributed by atoms with E-state index in [1.807, 2.05) is 19.9 Å². The highest BCUT2D eigenvalue weighted by Gasteiger charge is 2.20. The van der Waals surface area contributed by atoms with Crippen LogP contribution in [0, 0.1) is 20.8 Å². The van der Waals surface area contributed by atoms with Crippen LogP contribution in [0.3, 0.4) is 0 Å². The van der Waals surface area contributed by atoms with Crippen molar-refractivity contribution >= 4 is 21.6 Å². The van der Waals surface area contributed by atoms with Crippen LogP contribution in [0.5, 0.6) is 0 Å². The topological polar surface area (TPSA) is 96.7 Å². The minimum absolute atomic E-state index is 0.203. The first-order valence-electron chi connectivity index (χ1n) is 7.14. The number of amides is 1. The third-order valence-corrected chi connectivity index (χ3v) is 4.89. The number of carbonyl (C=O) groups is 1. The zero-order valence-electron chi connectivity index (χ0n) is 13.9. The summed E-state index contributed by atoms with van der Waals surface area (Å²) >= 11 is 0. The van der Waals surface area contributed by atoms with Crippen LogP contribution in [0.1, 0.15) is 27.4 Å². The maximum atomic E-state index is 12.4. The van der Waals surface area contributed by atoms with Gasteiger partial charge in [-0.05, 0) is 26.8 Å². The average molecular weight is 339 g/mol. The van der Waals surface area contributed by atoms with Crippen LogP contribution >= 0.6 is 0 Å². The van der Waals surface area contributed by atoms with E-state index in [0.29, 0.717) is 16.9 Å². The summed E-state index contributed by atoms with van der Waals surface area (Å²) in [6.07, 6.45) is 1.12. The van der Waals surface area contributed by atoms with Gasteiger partial charge in [0.15, 0.2) is 5.65 Å². The number of carbonyl (C=O) groups excluding carboxylic acids is 1. The van der Waals surface area contributed by atoms with Crippen molar-refractivity contribution in [3.63, 3.8) is 0 Å². The molecule has 126 valence electrons.